The number of carbonyl (C=O) groups is 2. The van der Waals surface area contributed by atoms with Crippen molar-refractivity contribution in [2.75, 3.05) is 31.5 Å². The van der Waals surface area contributed by atoms with E-state index in [2.05, 4.69) is 15.3 Å². The van der Waals surface area contributed by atoms with Crippen LogP contribution in [0.2, 0.25) is 0 Å². The Morgan fingerprint density at radius 1 is 1.28 bits per heavy atom. The van der Waals surface area contributed by atoms with Crippen molar-refractivity contribution < 1.29 is 49.7 Å². The number of anilines is 1. The third-order valence-corrected chi connectivity index (χ3v) is 8.56. The Bertz CT molecular complexity index is 1070. The lowest BCUT2D eigenvalue weighted by atomic mass is 9.80. The van der Waals surface area contributed by atoms with Gasteiger partial charge in [-0.15, -0.1) is 0 Å². The molecule has 2 N–H and O–H groups in total. The van der Waals surface area contributed by atoms with Crippen LogP contribution in [0.25, 0.3) is 0 Å². The number of hydrogen-bond donors (Lipinski definition) is 2. The van der Waals surface area contributed by atoms with Gasteiger partial charge in [-0.3, -0.25) is 9.78 Å². The molecule has 0 aromatic carbocycles. The predicted molar refractivity (Wildman–Crippen MR) is 123 cm³/mol. The Morgan fingerprint density at radius 3 is 2.67 bits per heavy atom. The molecule has 4 aliphatic rings. The zero-order valence-electron chi connectivity index (χ0n) is 19.6. The number of piperidine rings is 3. The van der Waals surface area contributed by atoms with Gasteiger partial charge in [-0.1, -0.05) is 0 Å². The zero-order valence-corrected chi connectivity index (χ0v) is 22.0. The average molecular weight is 587 g/mol. The summed E-state index contributed by atoms with van der Waals surface area (Å²) in [6.45, 7) is 2.23. The molecule has 1 aliphatic carbocycles. The van der Waals surface area contributed by atoms with Gasteiger partial charge < -0.3 is 36.6 Å². The van der Waals surface area contributed by atoms with Crippen LogP contribution in [-0.4, -0.2) is 69.6 Å². The first-order chi connectivity index (χ1) is 16.7. The number of esters is 1. The van der Waals surface area contributed by atoms with E-state index in [9.17, 15) is 23.5 Å². The van der Waals surface area contributed by atoms with Crippen molar-refractivity contribution in [1.82, 2.24) is 9.97 Å². The summed E-state index contributed by atoms with van der Waals surface area (Å²) >= 11 is 1.30. The van der Waals surface area contributed by atoms with Crippen molar-refractivity contribution in [3.05, 3.63) is 41.0 Å². The lowest BCUT2D eigenvalue weighted by molar-refractivity contribution is -0.939. The Kier molecular flexibility index (Phi) is 7.80. The molecule has 2 aromatic heterocycles. The van der Waals surface area contributed by atoms with Gasteiger partial charge in [-0.05, 0) is 23.2 Å². The number of nitrogens with one attached hydrogen (secondary N) is 1. The molecule has 2 aromatic rings. The third kappa shape index (κ3) is 5.32. The fourth-order valence-corrected chi connectivity index (χ4v) is 6.67. The number of hydrogen-bond acceptors (Lipinski definition) is 7. The van der Waals surface area contributed by atoms with Crippen LogP contribution in [0, 0.1) is 11.8 Å². The Hall–Kier alpha value is -2.02. The van der Waals surface area contributed by atoms with E-state index in [0.717, 1.165) is 25.9 Å². The fraction of sp³-hybridized carbons (Fsp3) is 0.583. The second-order valence-corrected chi connectivity index (χ2v) is 10.9. The first kappa shape index (κ1) is 27.0. The molecule has 3 saturated heterocycles. The zero-order chi connectivity index (χ0) is 24.7. The molecule has 0 spiro atoms. The van der Waals surface area contributed by atoms with Crippen molar-refractivity contribution in [2.24, 2.45) is 11.8 Å². The second kappa shape index (κ2) is 10.4. The molecular formula is C24H29BrF2N4O4S. The molecule has 2 unspecified atom stereocenters. The number of ether oxygens (including phenoxy) is 1. The summed E-state index contributed by atoms with van der Waals surface area (Å²) in [5.41, 5.74) is -1.80. The number of rotatable bonds is 7. The van der Waals surface area contributed by atoms with Crippen molar-refractivity contribution in [1.29, 1.82) is 0 Å². The topological polar surface area (TPSA) is 101 Å². The number of carbonyl (C=O) groups excluding carboxylic acids is 2. The van der Waals surface area contributed by atoms with E-state index in [-0.39, 0.29) is 48.2 Å². The van der Waals surface area contributed by atoms with Gasteiger partial charge in [0.05, 0.1) is 19.3 Å². The van der Waals surface area contributed by atoms with E-state index < -0.39 is 35.9 Å². The monoisotopic (exact) mass is 586 g/mol. The van der Waals surface area contributed by atoms with Crippen LogP contribution >= 0.6 is 11.3 Å². The molecule has 6 rings (SSSR count). The summed E-state index contributed by atoms with van der Waals surface area (Å²) in [6, 6.07) is 1.60. The maximum Gasteiger partial charge on any atom is 0.343 e. The average Bonchev–Trinajstić information content (AvgIpc) is 3.50. The SMILES string of the molecule is O=C(C[N+]12CCC(CC1)C(OC(=O)[C@](O)(c1ccsc1)C1CCC(F)(F)C1)C2)Nc1cnccn1.[Br-]. The summed E-state index contributed by atoms with van der Waals surface area (Å²) in [4.78, 5) is 34.2. The smallest absolute Gasteiger partial charge is 0.343 e. The van der Waals surface area contributed by atoms with E-state index >= 15 is 0 Å². The molecule has 2 bridgehead atoms. The number of fused-ring (bicyclic) bond motifs is 3. The third-order valence-electron chi connectivity index (χ3n) is 7.88. The summed E-state index contributed by atoms with van der Waals surface area (Å²) in [5.74, 6) is -4.38. The number of aromatic nitrogens is 2. The summed E-state index contributed by atoms with van der Waals surface area (Å²) < 4.78 is 34.5. The minimum Gasteiger partial charge on any atom is -1.00 e. The van der Waals surface area contributed by atoms with Gasteiger partial charge in [0.1, 0.15) is 6.54 Å². The van der Waals surface area contributed by atoms with E-state index in [0.29, 0.717) is 22.4 Å². The normalized spacial score (nSPS) is 30.1. The molecule has 12 heteroatoms. The number of quaternary nitrogens is 1. The number of alkyl halides is 2. The first-order valence-corrected chi connectivity index (χ1v) is 12.9. The number of amides is 1. The second-order valence-electron chi connectivity index (χ2n) is 10.1. The molecular weight excluding hydrogens is 558 g/mol. The standard InChI is InChI=1S/C24H28F2N4O4S.BrH/c25-23(26)5-1-17(11-23)24(33,18-4-10-35-15-18)22(32)34-19-13-30(8-2-16(19)3-9-30)14-21(31)29-20-12-27-6-7-28-20;/h4,6-7,10,12,15-17,19,33H,1-3,5,8-9,11,13-14H2;1H/t16?,17?,19?,24-,30?;/m1./s1. The molecule has 8 nitrogen and oxygen atoms in total. The first-order valence-electron chi connectivity index (χ1n) is 11.9. The quantitative estimate of drug-likeness (QED) is 0.349. The van der Waals surface area contributed by atoms with Gasteiger partial charge in [0.25, 0.3) is 5.91 Å². The Labute approximate surface area is 222 Å². The Morgan fingerprint density at radius 2 is 2.06 bits per heavy atom. The fourth-order valence-electron chi connectivity index (χ4n) is 5.96. The summed E-state index contributed by atoms with van der Waals surface area (Å²) in [6.07, 6.45) is 4.72. The van der Waals surface area contributed by atoms with Crippen molar-refractivity contribution >= 4 is 29.0 Å². The van der Waals surface area contributed by atoms with E-state index in [4.69, 9.17) is 4.74 Å². The molecule has 196 valence electrons. The van der Waals surface area contributed by atoms with Gasteiger partial charge in [0.15, 0.2) is 24.1 Å². The van der Waals surface area contributed by atoms with Crippen molar-refractivity contribution in [3.63, 3.8) is 0 Å². The summed E-state index contributed by atoms with van der Waals surface area (Å²) in [5, 5.41) is 17.7. The number of thiophene rings is 1. The molecule has 3 aliphatic heterocycles. The minimum atomic E-state index is -2.91. The predicted octanol–water partition coefficient (Wildman–Crippen LogP) is -0.0440. The molecule has 1 amide bonds. The van der Waals surface area contributed by atoms with E-state index in [1.165, 1.54) is 29.9 Å². The highest BCUT2D eigenvalue weighted by molar-refractivity contribution is 7.08. The molecule has 36 heavy (non-hydrogen) atoms. The van der Waals surface area contributed by atoms with E-state index in [1.54, 1.807) is 16.8 Å². The van der Waals surface area contributed by atoms with Gasteiger partial charge in [-0.25, -0.2) is 18.6 Å². The molecule has 4 fully saturated rings. The minimum absolute atomic E-state index is 0. The molecule has 1 saturated carbocycles. The lowest BCUT2D eigenvalue weighted by Gasteiger charge is -2.51. The molecule has 5 heterocycles. The lowest BCUT2D eigenvalue weighted by Crippen LogP contribution is -3.00. The maximum atomic E-state index is 14.0. The molecule has 0 radical (unpaired) electrons. The van der Waals surface area contributed by atoms with Crippen LogP contribution < -0.4 is 22.3 Å². The largest absolute Gasteiger partial charge is 1.00 e. The molecule has 3 atom stereocenters. The highest BCUT2D eigenvalue weighted by Gasteiger charge is 2.56. The van der Waals surface area contributed by atoms with Crippen LogP contribution in [0.5, 0.6) is 0 Å². The maximum absolute atomic E-state index is 14.0. The number of halogens is 3. The van der Waals surface area contributed by atoms with Crippen LogP contribution in [-0.2, 0) is 19.9 Å². The van der Waals surface area contributed by atoms with Crippen LogP contribution in [0.1, 0.15) is 37.7 Å². The van der Waals surface area contributed by atoms with Crippen molar-refractivity contribution in [2.45, 2.75) is 49.7 Å². The van der Waals surface area contributed by atoms with Crippen LogP contribution in [0.4, 0.5) is 14.6 Å². The van der Waals surface area contributed by atoms with Gasteiger partial charge in [0, 0.05) is 55.5 Å². The Balaban J connectivity index is 0.00000304. The highest BCUT2D eigenvalue weighted by atomic mass is 79.9. The van der Waals surface area contributed by atoms with Gasteiger partial charge in [-0.2, -0.15) is 11.3 Å². The van der Waals surface area contributed by atoms with E-state index in [1.807, 2.05) is 0 Å². The van der Waals surface area contributed by atoms with Crippen LogP contribution in [0.15, 0.2) is 35.4 Å². The highest BCUT2D eigenvalue weighted by Crippen LogP contribution is 2.49. The van der Waals surface area contributed by atoms with Crippen LogP contribution in [0.3, 0.4) is 0 Å². The van der Waals surface area contributed by atoms with Gasteiger partial charge in [0.2, 0.25) is 5.92 Å². The number of nitrogens with zero attached hydrogens (tertiary/aromatic N) is 3. The summed E-state index contributed by atoms with van der Waals surface area (Å²) in [7, 11) is 0. The number of aliphatic hydroxyl groups is 1. The van der Waals surface area contributed by atoms with Gasteiger partial charge >= 0.3 is 5.97 Å². The van der Waals surface area contributed by atoms with Crippen molar-refractivity contribution in [3.8, 4) is 0 Å².